The van der Waals surface area contributed by atoms with Crippen molar-refractivity contribution in [3.8, 4) is 0 Å². The number of carbonyl (C=O) groups excluding carboxylic acids is 2. The third-order valence-corrected chi connectivity index (χ3v) is 4.88. The van der Waals surface area contributed by atoms with Crippen LogP contribution < -0.4 is 11.1 Å². The number of nitrogens with one attached hydrogen (secondary N) is 1. The lowest BCUT2D eigenvalue weighted by Crippen LogP contribution is -2.37. The van der Waals surface area contributed by atoms with Crippen LogP contribution in [0.15, 0.2) is 47.8 Å². The maximum Gasteiger partial charge on any atom is 0.254 e. The molecule has 1 aliphatic heterocycles. The largest absolute Gasteiger partial charge is 0.365 e. The number of primary amides is 1. The number of nitrogens with zero attached hydrogens (tertiary/aromatic N) is 2. The Labute approximate surface area is 145 Å². The van der Waals surface area contributed by atoms with Gasteiger partial charge in [-0.15, -0.1) is 0 Å². The van der Waals surface area contributed by atoms with Crippen LogP contribution in [0.2, 0.25) is 0 Å². The van der Waals surface area contributed by atoms with Gasteiger partial charge < -0.3 is 11.1 Å². The molecule has 0 spiro atoms. The van der Waals surface area contributed by atoms with Gasteiger partial charge in [-0.1, -0.05) is 44.2 Å². The molecule has 2 aromatic rings. The normalized spacial score (nSPS) is 21.4. The van der Waals surface area contributed by atoms with E-state index in [0.717, 1.165) is 23.3 Å². The van der Waals surface area contributed by atoms with Crippen LogP contribution in [0.5, 0.6) is 0 Å². The van der Waals surface area contributed by atoms with Crippen molar-refractivity contribution in [2.45, 2.75) is 32.7 Å². The second-order valence-corrected chi connectivity index (χ2v) is 7.49. The van der Waals surface area contributed by atoms with Crippen molar-refractivity contribution in [2.24, 2.45) is 11.1 Å². The number of hydrogen-bond acceptors (Lipinski definition) is 4. The highest BCUT2D eigenvalue weighted by Gasteiger charge is 2.41. The molecule has 1 unspecified atom stereocenters. The van der Waals surface area contributed by atoms with Crippen molar-refractivity contribution in [1.82, 2.24) is 9.78 Å². The number of aromatic nitrogens is 2. The van der Waals surface area contributed by atoms with Crippen molar-refractivity contribution in [1.29, 1.82) is 0 Å². The minimum atomic E-state index is -0.536. The Morgan fingerprint density at radius 1 is 1.28 bits per heavy atom. The number of amides is 1. The van der Waals surface area contributed by atoms with Gasteiger partial charge in [0.05, 0.1) is 6.20 Å². The molecule has 1 amide bonds. The summed E-state index contributed by atoms with van der Waals surface area (Å²) in [6.45, 7) is 4.16. The summed E-state index contributed by atoms with van der Waals surface area (Å²) in [6.07, 6.45) is 2.70. The molecule has 3 N–H and O–H groups in total. The van der Waals surface area contributed by atoms with Gasteiger partial charge in [0.1, 0.15) is 17.4 Å². The van der Waals surface area contributed by atoms with E-state index in [9.17, 15) is 9.59 Å². The molecule has 6 nitrogen and oxygen atoms in total. The van der Waals surface area contributed by atoms with Crippen molar-refractivity contribution in [3.63, 3.8) is 0 Å². The number of Topliss-reactive ketones (excluding diaryl/α,β-unsaturated/α-hetero) is 1. The van der Waals surface area contributed by atoms with E-state index in [1.807, 2.05) is 30.3 Å². The average molecular weight is 336 g/mol. The van der Waals surface area contributed by atoms with E-state index in [1.54, 1.807) is 4.68 Å². The molecule has 0 saturated carbocycles. The Morgan fingerprint density at radius 2 is 2.00 bits per heavy atom. The Bertz CT molecular complexity index is 909. The van der Waals surface area contributed by atoms with Crippen LogP contribution in [0.3, 0.4) is 0 Å². The monoisotopic (exact) mass is 336 g/mol. The number of allylic oxidation sites excluding steroid dienone is 2. The summed E-state index contributed by atoms with van der Waals surface area (Å²) < 4.78 is 1.70. The van der Waals surface area contributed by atoms with Gasteiger partial charge >= 0.3 is 0 Å². The summed E-state index contributed by atoms with van der Waals surface area (Å²) in [5.41, 5.74) is 8.27. The molecule has 25 heavy (non-hydrogen) atoms. The average Bonchev–Trinajstić information content (AvgIpc) is 2.96. The van der Waals surface area contributed by atoms with E-state index >= 15 is 0 Å². The second kappa shape index (κ2) is 5.31. The quantitative estimate of drug-likeness (QED) is 0.882. The standard InChI is InChI=1S/C19H20N4O2/c1-19(2)8-13-15(14(24)9-19)16(11-6-4-3-5-7-11)23-18(22-13)12(10-21-23)17(20)25/h3-7,10,16,22H,8-9H2,1-2H3,(H2,20,25). The van der Waals surface area contributed by atoms with Crippen molar-refractivity contribution < 1.29 is 9.59 Å². The van der Waals surface area contributed by atoms with Gasteiger partial charge in [0.25, 0.3) is 5.91 Å². The first-order chi connectivity index (χ1) is 11.9. The number of nitrogens with two attached hydrogens (primary N) is 1. The Kier molecular flexibility index (Phi) is 3.32. The maximum absolute atomic E-state index is 12.9. The Morgan fingerprint density at radius 3 is 2.68 bits per heavy atom. The molecular weight excluding hydrogens is 316 g/mol. The van der Waals surface area contributed by atoms with Gasteiger partial charge in [-0.05, 0) is 17.4 Å². The van der Waals surface area contributed by atoms with Gasteiger partial charge in [-0.2, -0.15) is 5.10 Å². The second-order valence-electron chi connectivity index (χ2n) is 7.49. The summed E-state index contributed by atoms with van der Waals surface area (Å²) >= 11 is 0. The SMILES string of the molecule is CC1(C)CC(=O)C2=C(C1)Nc1c(C(N)=O)cnn1C2c1ccccc1. The van der Waals surface area contributed by atoms with Crippen molar-refractivity contribution in [3.05, 3.63) is 58.9 Å². The number of rotatable bonds is 2. The minimum absolute atomic E-state index is 0.120. The van der Waals surface area contributed by atoms with E-state index < -0.39 is 5.91 Å². The lowest BCUT2D eigenvalue weighted by atomic mass is 9.73. The first-order valence-corrected chi connectivity index (χ1v) is 8.33. The summed E-state index contributed by atoms with van der Waals surface area (Å²) in [7, 11) is 0. The smallest absolute Gasteiger partial charge is 0.254 e. The molecule has 0 saturated heterocycles. The van der Waals surface area contributed by atoms with Crippen LogP contribution in [0.4, 0.5) is 5.82 Å². The molecular formula is C19H20N4O2. The molecule has 6 heteroatoms. The summed E-state index contributed by atoms with van der Waals surface area (Å²) in [6, 6.07) is 9.42. The van der Waals surface area contributed by atoms with Crippen LogP contribution >= 0.6 is 0 Å². The zero-order valence-corrected chi connectivity index (χ0v) is 14.2. The third-order valence-electron chi connectivity index (χ3n) is 4.88. The van der Waals surface area contributed by atoms with Crippen LogP contribution in [-0.2, 0) is 4.79 Å². The van der Waals surface area contributed by atoms with Crippen LogP contribution in [0.1, 0.15) is 48.7 Å². The van der Waals surface area contributed by atoms with Crippen LogP contribution in [-0.4, -0.2) is 21.5 Å². The van der Waals surface area contributed by atoms with Gasteiger partial charge in [0.2, 0.25) is 0 Å². The fourth-order valence-electron chi connectivity index (χ4n) is 3.83. The van der Waals surface area contributed by atoms with Crippen molar-refractivity contribution in [2.75, 3.05) is 5.32 Å². The summed E-state index contributed by atoms with van der Waals surface area (Å²) in [4.78, 5) is 24.7. The molecule has 2 aliphatic rings. The zero-order valence-electron chi connectivity index (χ0n) is 14.2. The zero-order chi connectivity index (χ0) is 17.8. The van der Waals surface area contributed by atoms with Crippen LogP contribution in [0, 0.1) is 5.41 Å². The molecule has 128 valence electrons. The molecule has 0 fully saturated rings. The lowest BCUT2D eigenvalue weighted by Gasteiger charge is -2.39. The topological polar surface area (TPSA) is 90.0 Å². The van der Waals surface area contributed by atoms with Gasteiger partial charge in [-0.3, -0.25) is 9.59 Å². The van der Waals surface area contributed by atoms with Crippen LogP contribution in [0.25, 0.3) is 0 Å². The van der Waals surface area contributed by atoms with E-state index in [2.05, 4.69) is 24.3 Å². The molecule has 0 bridgehead atoms. The van der Waals surface area contributed by atoms with Gasteiger partial charge in [0.15, 0.2) is 5.78 Å². The van der Waals surface area contributed by atoms with E-state index in [1.165, 1.54) is 6.20 Å². The van der Waals surface area contributed by atoms with E-state index in [0.29, 0.717) is 17.8 Å². The highest BCUT2D eigenvalue weighted by atomic mass is 16.1. The Hall–Kier alpha value is -2.89. The molecule has 1 aliphatic carbocycles. The number of carbonyl (C=O) groups is 2. The first-order valence-electron chi connectivity index (χ1n) is 8.33. The minimum Gasteiger partial charge on any atom is -0.365 e. The summed E-state index contributed by atoms with van der Waals surface area (Å²) in [5, 5.41) is 7.64. The van der Waals surface area contributed by atoms with E-state index in [-0.39, 0.29) is 17.2 Å². The number of ketones is 1. The molecule has 2 heterocycles. The fourth-order valence-corrected chi connectivity index (χ4v) is 3.83. The number of benzene rings is 1. The fraction of sp³-hybridized carbons (Fsp3) is 0.316. The predicted octanol–water partition coefficient (Wildman–Crippen LogP) is 2.64. The van der Waals surface area contributed by atoms with E-state index in [4.69, 9.17) is 5.73 Å². The number of hydrogen-bond donors (Lipinski definition) is 2. The maximum atomic E-state index is 12.9. The Balaban J connectivity index is 1.94. The summed E-state index contributed by atoms with van der Waals surface area (Å²) in [5.74, 6) is 0.144. The molecule has 4 rings (SSSR count). The number of fused-ring (bicyclic) bond motifs is 1. The molecule has 1 aromatic heterocycles. The van der Waals surface area contributed by atoms with Gasteiger partial charge in [0, 0.05) is 17.7 Å². The lowest BCUT2D eigenvalue weighted by molar-refractivity contribution is -0.118. The third kappa shape index (κ3) is 2.45. The molecule has 0 radical (unpaired) electrons. The predicted molar refractivity (Wildman–Crippen MR) is 94.0 cm³/mol. The van der Waals surface area contributed by atoms with Crippen molar-refractivity contribution >= 4 is 17.5 Å². The van der Waals surface area contributed by atoms with Gasteiger partial charge in [-0.25, -0.2) is 4.68 Å². The molecule has 1 atom stereocenters. The molecule has 1 aromatic carbocycles. The highest BCUT2D eigenvalue weighted by molar-refractivity contribution is 6.02. The number of anilines is 1. The first kappa shape index (κ1) is 15.6. The highest BCUT2D eigenvalue weighted by Crippen LogP contribution is 2.46.